The molecule has 2 atom stereocenters. The van der Waals surface area contributed by atoms with Gasteiger partial charge in [0.05, 0.1) is 27.5 Å². The van der Waals surface area contributed by atoms with Gasteiger partial charge in [-0.25, -0.2) is 0 Å². The van der Waals surface area contributed by atoms with Crippen LogP contribution in [0.4, 0.5) is 11.4 Å². The molecule has 1 aromatic carbocycles. The molecule has 24 heavy (non-hydrogen) atoms. The lowest BCUT2D eigenvalue weighted by molar-refractivity contribution is -0.394. The van der Waals surface area contributed by atoms with E-state index in [-0.39, 0.29) is 5.56 Å². The third kappa shape index (κ3) is 3.96. The number of azide groups is 1. The van der Waals surface area contributed by atoms with Gasteiger partial charge >= 0.3 is 0 Å². The molecule has 1 aromatic rings. The first-order valence-corrected chi connectivity index (χ1v) is 7.21. The van der Waals surface area contributed by atoms with E-state index in [2.05, 4.69) is 15.3 Å². The van der Waals surface area contributed by atoms with Crippen molar-refractivity contribution in [3.8, 4) is 0 Å². The largest absolute Gasteiger partial charge is 0.349 e. The maximum absolute atomic E-state index is 12.3. The molecule has 1 N–H and O–H groups in total. The van der Waals surface area contributed by atoms with Crippen molar-refractivity contribution in [2.75, 3.05) is 0 Å². The van der Waals surface area contributed by atoms with Crippen LogP contribution >= 0.6 is 0 Å². The molecule has 0 heterocycles. The van der Waals surface area contributed by atoms with E-state index in [1.54, 1.807) is 0 Å². The summed E-state index contributed by atoms with van der Waals surface area (Å²) >= 11 is 0. The number of nitro benzene ring substituents is 2. The molecule has 0 spiro atoms. The van der Waals surface area contributed by atoms with Crippen molar-refractivity contribution in [3.63, 3.8) is 0 Å². The number of carbonyl (C=O) groups excluding carboxylic acids is 1. The maximum atomic E-state index is 12.3. The molecular formula is C13H14N6O5. The quantitative estimate of drug-likeness (QED) is 0.287. The van der Waals surface area contributed by atoms with Gasteiger partial charge in [0.1, 0.15) is 0 Å². The van der Waals surface area contributed by atoms with Crippen molar-refractivity contribution in [1.82, 2.24) is 5.32 Å². The summed E-state index contributed by atoms with van der Waals surface area (Å²) in [5, 5.41) is 28.1. The lowest BCUT2D eigenvalue weighted by atomic mass is 9.90. The fourth-order valence-corrected chi connectivity index (χ4v) is 2.67. The fraction of sp³-hybridized carbons (Fsp3) is 0.462. The summed E-state index contributed by atoms with van der Waals surface area (Å²) in [5.74, 6) is -0.674. The Hall–Kier alpha value is -3.20. The lowest BCUT2D eigenvalue weighted by Crippen LogP contribution is -2.44. The molecular weight excluding hydrogens is 320 g/mol. The van der Waals surface area contributed by atoms with E-state index in [1.807, 2.05) is 0 Å². The normalized spacial score (nSPS) is 19.8. The Morgan fingerprint density at radius 3 is 2.29 bits per heavy atom. The van der Waals surface area contributed by atoms with Gasteiger partial charge in [0.2, 0.25) is 0 Å². The Morgan fingerprint density at radius 1 is 1.17 bits per heavy atom. The number of non-ortho nitro benzene ring substituents is 2. The Kier molecular flexibility index (Phi) is 5.27. The minimum atomic E-state index is -0.798. The van der Waals surface area contributed by atoms with E-state index in [4.69, 9.17) is 5.53 Å². The van der Waals surface area contributed by atoms with Crippen LogP contribution in [-0.2, 0) is 0 Å². The topological polar surface area (TPSA) is 164 Å². The molecule has 0 aliphatic heterocycles. The van der Waals surface area contributed by atoms with Gasteiger partial charge < -0.3 is 5.32 Å². The number of rotatable bonds is 5. The molecule has 0 unspecified atom stereocenters. The number of nitro groups is 2. The monoisotopic (exact) mass is 334 g/mol. The van der Waals surface area contributed by atoms with Gasteiger partial charge in [-0.05, 0) is 18.4 Å². The van der Waals surface area contributed by atoms with Crippen LogP contribution in [0.15, 0.2) is 23.3 Å². The summed E-state index contributed by atoms with van der Waals surface area (Å²) in [4.78, 5) is 35.2. The molecule has 11 heteroatoms. The van der Waals surface area contributed by atoms with Crippen molar-refractivity contribution in [2.24, 2.45) is 5.11 Å². The van der Waals surface area contributed by atoms with E-state index in [9.17, 15) is 25.0 Å². The molecule has 1 amide bonds. The number of amides is 1. The highest BCUT2D eigenvalue weighted by molar-refractivity contribution is 5.95. The number of carbonyl (C=O) groups is 1. The maximum Gasteiger partial charge on any atom is 0.277 e. The summed E-state index contributed by atoms with van der Waals surface area (Å²) in [6, 6.07) is 1.95. The first kappa shape index (κ1) is 17.2. The van der Waals surface area contributed by atoms with Crippen molar-refractivity contribution in [2.45, 2.75) is 37.8 Å². The van der Waals surface area contributed by atoms with Crippen molar-refractivity contribution in [3.05, 3.63) is 54.4 Å². The second kappa shape index (κ2) is 7.38. The van der Waals surface area contributed by atoms with Crippen LogP contribution in [0, 0.1) is 20.2 Å². The minimum Gasteiger partial charge on any atom is -0.349 e. The molecule has 1 aliphatic carbocycles. The number of nitrogens with one attached hydrogen (secondary N) is 1. The number of nitrogens with zero attached hydrogens (tertiary/aromatic N) is 5. The number of hydrogen-bond acceptors (Lipinski definition) is 6. The third-order valence-electron chi connectivity index (χ3n) is 3.83. The smallest absolute Gasteiger partial charge is 0.277 e. The molecule has 0 saturated heterocycles. The molecule has 1 fully saturated rings. The summed E-state index contributed by atoms with van der Waals surface area (Å²) in [7, 11) is 0. The molecule has 1 saturated carbocycles. The van der Waals surface area contributed by atoms with Gasteiger partial charge in [-0.15, -0.1) is 0 Å². The van der Waals surface area contributed by atoms with Crippen LogP contribution in [-0.4, -0.2) is 27.8 Å². The average molecular weight is 334 g/mol. The second-order valence-electron chi connectivity index (χ2n) is 5.39. The first-order chi connectivity index (χ1) is 11.4. The molecule has 0 radical (unpaired) electrons. The predicted octanol–water partition coefficient (Wildman–Crippen LogP) is 2.85. The highest BCUT2D eigenvalue weighted by Gasteiger charge is 2.27. The van der Waals surface area contributed by atoms with Crippen molar-refractivity contribution >= 4 is 17.3 Å². The van der Waals surface area contributed by atoms with E-state index < -0.39 is 39.2 Å². The Bertz CT molecular complexity index is 697. The molecule has 2 rings (SSSR count). The molecule has 1 aliphatic rings. The van der Waals surface area contributed by atoms with Crippen LogP contribution in [0.3, 0.4) is 0 Å². The minimum absolute atomic E-state index is 0.179. The highest BCUT2D eigenvalue weighted by Crippen LogP contribution is 2.25. The van der Waals surface area contributed by atoms with E-state index in [1.165, 1.54) is 0 Å². The standard InChI is InChI=1S/C13H14N6O5/c14-17-16-12-4-2-1-3-11(12)15-13(20)8-5-9(18(21)22)7-10(6-8)19(23)24/h5-7,11-12H,1-4H2,(H,15,20)/t11-,12-/m0/s1. The zero-order valence-electron chi connectivity index (χ0n) is 12.5. The Balaban J connectivity index is 2.26. The van der Waals surface area contributed by atoms with Gasteiger partial charge in [-0.1, -0.05) is 18.0 Å². The van der Waals surface area contributed by atoms with Crippen LogP contribution in [0.5, 0.6) is 0 Å². The summed E-state index contributed by atoms with van der Waals surface area (Å²) in [6.45, 7) is 0. The van der Waals surface area contributed by atoms with Crippen LogP contribution < -0.4 is 5.32 Å². The third-order valence-corrected chi connectivity index (χ3v) is 3.83. The van der Waals surface area contributed by atoms with Gasteiger partial charge in [0, 0.05) is 23.1 Å². The summed E-state index contributed by atoms with van der Waals surface area (Å²) < 4.78 is 0. The highest BCUT2D eigenvalue weighted by atomic mass is 16.6. The van der Waals surface area contributed by atoms with Crippen LogP contribution in [0.2, 0.25) is 0 Å². The summed E-state index contributed by atoms with van der Waals surface area (Å²) in [6.07, 6.45) is 2.95. The van der Waals surface area contributed by atoms with Gasteiger partial charge in [0.25, 0.3) is 17.3 Å². The first-order valence-electron chi connectivity index (χ1n) is 7.21. The van der Waals surface area contributed by atoms with Gasteiger partial charge in [-0.3, -0.25) is 25.0 Å². The van der Waals surface area contributed by atoms with Gasteiger partial charge in [-0.2, -0.15) is 0 Å². The number of hydrogen-bond donors (Lipinski definition) is 1. The van der Waals surface area contributed by atoms with E-state index in [0.717, 1.165) is 31.0 Å². The summed E-state index contributed by atoms with van der Waals surface area (Å²) in [5.41, 5.74) is 7.32. The second-order valence-corrected chi connectivity index (χ2v) is 5.39. The van der Waals surface area contributed by atoms with Gasteiger partial charge in [0.15, 0.2) is 0 Å². The fourth-order valence-electron chi connectivity index (χ4n) is 2.67. The molecule has 126 valence electrons. The van der Waals surface area contributed by atoms with Crippen molar-refractivity contribution in [1.29, 1.82) is 0 Å². The average Bonchev–Trinajstić information content (AvgIpc) is 2.56. The predicted molar refractivity (Wildman–Crippen MR) is 82.4 cm³/mol. The zero-order valence-corrected chi connectivity index (χ0v) is 12.5. The van der Waals surface area contributed by atoms with E-state index >= 15 is 0 Å². The lowest BCUT2D eigenvalue weighted by Gasteiger charge is -2.28. The SMILES string of the molecule is [N-]=[N+]=N[C@H]1CCCC[C@@H]1NC(=O)c1cc([N+](=O)[O-])cc([N+](=O)[O-])c1. The van der Waals surface area contributed by atoms with Crippen LogP contribution in [0.1, 0.15) is 36.0 Å². The molecule has 11 nitrogen and oxygen atoms in total. The van der Waals surface area contributed by atoms with Crippen molar-refractivity contribution < 1.29 is 14.6 Å². The van der Waals surface area contributed by atoms with Crippen LogP contribution in [0.25, 0.3) is 10.4 Å². The van der Waals surface area contributed by atoms with E-state index in [0.29, 0.717) is 12.8 Å². The zero-order chi connectivity index (χ0) is 17.7. The Morgan fingerprint density at radius 2 is 1.75 bits per heavy atom. The number of benzene rings is 1. The molecule has 0 bridgehead atoms. The molecule has 0 aromatic heterocycles. The Labute approximate surface area is 135 Å².